The van der Waals surface area contributed by atoms with Gasteiger partial charge in [0.2, 0.25) is 11.6 Å². The Morgan fingerprint density at radius 1 is 1.06 bits per heavy atom. The number of benzene rings is 1. The van der Waals surface area contributed by atoms with E-state index in [1.807, 2.05) is 6.07 Å². The molecule has 0 spiro atoms. The normalized spacial score (nSPS) is 10.8. The van der Waals surface area contributed by atoms with E-state index in [1.54, 1.807) is 66.5 Å². The van der Waals surface area contributed by atoms with Crippen molar-refractivity contribution in [2.24, 2.45) is 0 Å². The minimum absolute atomic E-state index is 0.138. The summed E-state index contributed by atoms with van der Waals surface area (Å²) in [6.45, 7) is 1.78. The Morgan fingerprint density at radius 3 is 2.69 bits per heavy atom. The number of nitrogens with one attached hydrogen (secondary N) is 1. The first-order valence-corrected chi connectivity index (χ1v) is 9.60. The van der Waals surface area contributed by atoms with Gasteiger partial charge in [0.15, 0.2) is 17.3 Å². The first-order valence-electron chi connectivity index (χ1n) is 9.60. The maximum atomic E-state index is 12.4. The number of amides is 1. The maximum absolute atomic E-state index is 12.4. The second-order valence-corrected chi connectivity index (χ2v) is 6.70. The van der Waals surface area contributed by atoms with Gasteiger partial charge in [-0.2, -0.15) is 10.1 Å². The number of furan rings is 1. The van der Waals surface area contributed by atoms with E-state index in [4.69, 9.17) is 13.7 Å². The number of rotatable bonds is 6. The number of ether oxygens (including phenoxy) is 1. The standard InChI is InChI=1S/C22H16N6O4/c1-14-24-20(28-10-3-9-23-28)13-21(25-14)31-16-7-5-15(6-8-16)26-22(29)17-12-19(32-27-17)18-4-2-11-30-18/h2-13H,1H3,(H,26,29). The van der Waals surface area contributed by atoms with Crippen LogP contribution in [0.5, 0.6) is 11.6 Å². The SMILES string of the molecule is Cc1nc(Oc2ccc(NC(=O)c3cc(-c4ccco4)on3)cc2)cc(-n2cccn2)n1. The minimum atomic E-state index is -0.407. The molecule has 0 saturated carbocycles. The molecular formula is C22H16N6O4. The minimum Gasteiger partial charge on any atom is -0.461 e. The molecular weight excluding hydrogens is 412 g/mol. The average Bonchev–Trinajstić information content (AvgIpc) is 3.57. The molecule has 0 aliphatic heterocycles. The fourth-order valence-electron chi connectivity index (χ4n) is 2.94. The Kier molecular flexibility index (Phi) is 4.92. The predicted molar refractivity (Wildman–Crippen MR) is 113 cm³/mol. The molecule has 4 heterocycles. The number of hydrogen-bond donors (Lipinski definition) is 1. The highest BCUT2D eigenvalue weighted by Gasteiger charge is 2.15. The van der Waals surface area contributed by atoms with Crippen LogP contribution in [0.3, 0.4) is 0 Å². The third-order valence-corrected chi connectivity index (χ3v) is 4.38. The van der Waals surface area contributed by atoms with Gasteiger partial charge >= 0.3 is 0 Å². The number of carbonyl (C=O) groups excluding carboxylic acids is 1. The van der Waals surface area contributed by atoms with Gasteiger partial charge in [0.05, 0.1) is 6.26 Å². The second-order valence-electron chi connectivity index (χ2n) is 6.70. The zero-order valence-corrected chi connectivity index (χ0v) is 16.8. The van der Waals surface area contributed by atoms with Crippen LogP contribution in [0.1, 0.15) is 16.3 Å². The van der Waals surface area contributed by atoms with E-state index in [0.717, 1.165) is 0 Å². The molecule has 0 atom stereocenters. The molecule has 158 valence electrons. The van der Waals surface area contributed by atoms with Crippen molar-refractivity contribution in [2.75, 3.05) is 5.32 Å². The quantitative estimate of drug-likeness (QED) is 0.426. The molecule has 1 amide bonds. The molecule has 0 unspecified atom stereocenters. The monoisotopic (exact) mass is 428 g/mol. The van der Waals surface area contributed by atoms with Crippen molar-refractivity contribution in [1.29, 1.82) is 0 Å². The summed E-state index contributed by atoms with van der Waals surface area (Å²) in [6.07, 6.45) is 4.97. The van der Waals surface area contributed by atoms with Gasteiger partial charge in [-0.1, -0.05) is 5.16 Å². The van der Waals surface area contributed by atoms with Gasteiger partial charge < -0.3 is 19.0 Å². The van der Waals surface area contributed by atoms with Crippen LogP contribution in [0.15, 0.2) is 82.2 Å². The van der Waals surface area contributed by atoms with E-state index in [9.17, 15) is 4.79 Å². The van der Waals surface area contributed by atoms with Gasteiger partial charge in [0.1, 0.15) is 11.6 Å². The molecule has 0 fully saturated rings. The van der Waals surface area contributed by atoms with Crippen LogP contribution in [0.4, 0.5) is 5.69 Å². The Labute approximate surface area is 181 Å². The summed E-state index contributed by atoms with van der Waals surface area (Å²) in [4.78, 5) is 21.1. The van der Waals surface area contributed by atoms with Crippen LogP contribution in [-0.4, -0.2) is 30.8 Å². The molecule has 1 aromatic carbocycles. The zero-order chi connectivity index (χ0) is 21.9. The number of nitrogens with zero attached hydrogens (tertiary/aromatic N) is 5. The third-order valence-electron chi connectivity index (χ3n) is 4.38. The highest BCUT2D eigenvalue weighted by Crippen LogP contribution is 2.24. The Hall–Kier alpha value is -4.73. The first kappa shape index (κ1) is 19.2. The summed E-state index contributed by atoms with van der Waals surface area (Å²) in [5.74, 6) is 2.55. The highest BCUT2D eigenvalue weighted by molar-refractivity contribution is 6.03. The lowest BCUT2D eigenvalue weighted by Gasteiger charge is -2.09. The van der Waals surface area contributed by atoms with E-state index in [-0.39, 0.29) is 5.69 Å². The number of anilines is 1. The molecule has 0 aliphatic carbocycles. The molecule has 0 saturated heterocycles. The Bertz CT molecular complexity index is 1340. The largest absolute Gasteiger partial charge is 0.461 e. The van der Waals surface area contributed by atoms with Crippen molar-refractivity contribution in [3.63, 3.8) is 0 Å². The average molecular weight is 428 g/mol. The second kappa shape index (κ2) is 8.19. The van der Waals surface area contributed by atoms with Crippen LogP contribution in [0, 0.1) is 6.92 Å². The van der Waals surface area contributed by atoms with Gasteiger partial charge in [-0.25, -0.2) is 9.67 Å². The molecule has 0 aliphatic rings. The summed E-state index contributed by atoms with van der Waals surface area (Å²) >= 11 is 0. The van der Waals surface area contributed by atoms with Crippen LogP contribution in [0.25, 0.3) is 17.3 Å². The molecule has 1 N–H and O–H groups in total. The molecule has 4 aromatic heterocycles. The van der Waals surface area contributed by atoms with Crippen molar-refractivity contribution < 1.29 is 18.5 Å². The molecule has 5 rings (SSSR count). The van der Waals surface area contributed by atoms with Gasteiger partial charge in [-0.15, -0.1) is 0 Å². The fraction of sp³-hybridized carbons (Fsp3) is 0.0455. The highest BCUT2D eigenvalue weighted by atomic mass is 16.5. The summed E-state index contributed by atoms with van der Waals surface area (Å²) in [5.41, 5.74) is 0.709. The number of carbonyl (C=O) groups is 1. The summed E-state index contributed by atoms with van der Waals surface area (Å²) in [7, 11) is 0. The zero-order valence-electron chi connectivity index (χ0n) is 16.8. The van der Waals surface area contributed by atoms with Crippen LogP contribution in [0.2, 0.25) is 0 Å². The van der Waals surface area contributed by atoms with Gasteiger partial charge in [0, 0.05) is 30.2 Å². The van der Waals surface area contributed by atoms with Crippen molar-refractivity contribution in [3.05, 3.63) is 84.8 Å². The van der Waals surface area contributed by atoms with Gasteiger partial charge in [0.25, 0.3) is 5.91 Å². The van der Waals surface area contributed by atoms with Crippen molar-refractivity contribution >= 4 is 11.6 Å². The van der Waals surface area contributed by atoms with E-state index >= 15 is 0 Å². The van der Waals surface area contributed by atoms with Gasteiger partial charge in [-0.05, 0) is 49.4 Å². The van der Waals surface area contributed by atoms with Crippen LogP contribution >= 0.6 is 0 Å². The molecule has 0 radical (unpaired) electrons. The first-order chi connectivity index (χ1) is 15.6. The fourth-order valence-corrected chi connectivity index (χ4v) is 2.94. The maximum Gasteiger partial charge on any atom is 0.277 e. The van der Waals surface area contributed by atoms with Crippen molar-refractivity contribution in [2.45, 2.75) is 6.92 Å². The van der Waals surface area contributed by atoms with Crippen LogP contribution < -0.4 is 10.1 Å². The molecule has 10 heteroatoms. The van der Waals surface area contributed by atoms with E-state index < -0.39 is 5.91 Å². The molecule has 32 heavy (non-hydrogen) atoms. The molecule has 10 nitrogen and oxygen atoms in total. The Morgan fingerprint density at radius 2 is 1.94 bits per heavy atom. The smallest absolute Gasteiger partial charge is 0.277 e. The summed E-state index contributed by atoms with van der Waals surface area (Å²) in [6, 6.07) is 15.3. The lowest BCUT2D eigenvalue weighted by Crippen LogP contribution is -2.12. The van der Waals surface area contributed by atoms with E-state index in [1.165, 1.54) is 12.3 Å². The van der Waals surface area contributed by atoms with E-state index in [2.05, 4.69) is 25.5 Å². The molecule has 5 aromatic rings. The number of aryl methyl sites for hydroxylation is 1. The number of aromatic nitrogens is 5. The third kappa shape index (κ3) is 4.10. The Balaban J connectivity index is 1.26. The topological polar surface area (TPSA) is 121 Å². The van der Waals surface area contributed by atoms with E-state index in [0.29, 0.717) is 40.5 Å². The summed E-state index contributed by atoms with van der Waals surface area (Å²) in [5, 5.41) is 10.7. The van der Waals surface area contributed by atoms with Crippen LogP contribution in [-0.2, 0) is 0 Å². The predicted octanol–water partition coefficient (Wildman–Crippen LogP) is 4.26. The lowest BCUT2D eigenvalue weighted by molar-refractivity contribution is 0.101. The van der Waals surface area contributed by atoms with Crippen molar-refractivity contribution in [1.82, 2.24) is 24.9 Å². The van der Waals surface area contributed by atoms with Gasteiger partial charge in [-0.3, -0.25) is 4.79 Å². The summed E-state index contributed by atoms with van der Waals surface area (Å²) < 4.78 is 17.9. The molecule has 0 bridgehead atoms. The lowest BCUT2D eigenvalue weighted by atomic mass is 10.2. The number of hydrogen-bond acceptors (Lipinski definition) is 8. The van der Waals surface area contributed by atoms with Crippen molar-refractivity contribution in [3.8, 4) is 29.0 Å².